The summed E-state index contributed by atoms with van der Waals surface area (Å²) in [5, 5.41) is 3.46. The van der Waals surface area contributed by atoms with Crippen LogP contribution in [0.4, 0.5) is 0 Å². The summed E-state index contributed by atoms with van der Waals surface area (Å²) in [4.78, 5) is 0. The van der Waals surface area contributed by atoms with Gasteiger partial charge >= 0.3 is 0 Å². The molecule has 0 bridgehead atoms. The maximum absolute atomic E-state index is 3.46. The van der Waals surface area contributed by atoms with Crippen LogP contribution in [-0.4, -0.2) is 13.1 Å². The summed E-state index contributed by atoms with van der Waals surface area (Å²) in [5.41, 5.74) is 1.41. The van der Waals surface area contributed by atoms with Crippen molar-refractivity contribution in [2.24, 2.45) is 5.92 Å². The quantitative estimate of drug-likeness (QED) is 0.505. The zero-order chi connectivity index (χ0) is 10.2. The van der Waals surface area contributed by atoms with E-state index in [0.717, 1.165) is 12.5 Å². The SMILES string of the molecule is CC(C)=CCNCCCC1CCCC1. The lowest BCUT2D eigenvalue weighted by Crippen LogP contribution is -2.15. The molecular weight excluding hydrogens is 170 g/mol. The fourth-order valence-electron chi connectivity index (χ4n) is 2.19. The second kappa shape index (κ2) is 7.05. The highest BCUT2D eigenvalue weighted by molar-refractivity contribution is 4.94. The molecule has 1 aliphatic rings. The van der Waals surface area contributed by atoms with Crippen molar-refractivity contribution in [2.75, 3.05) is 13.1 Å². The van der Waals surface area contributed by atoms with Gasteiger partial charge in [-0.05, 0) is 39.2 Å². The zero-order valence-corrected chi connectivity index (χ0v) is 9.81. The van der Waals surface area contributed by atoms with Crippen LogP contribution in [0.3, 0.4) is 0 Å². The molecular formula is C13H25N. The van der Waals surface area contributed by atoms with Crippen LogP contribution in [0.2, 0.25) is 0 Å². The number of rotatable bonds is 6. The number of hydrogen-bond donors (Lipinski definition) is 1. The van der Waals surface area contributed by atoms with Crippen LogP contribution in [-0.2, 0) is 0 Å². The van der Waals surface area contributed by atoms with E-state index in [2.05, 4.69) is 25.2 Å². The first-order valence-electron chi connectivity index (χ1n) is 6.13. The molecule has 0 aromatic rings. The molecule has 0 unspecified atom stereocenters. The molecule has 0 atom stereocenters. The molecule has 0 aromatic carbocycles. The Bertz CT molecular complexity index is 162. The average Bonchev–Trinajstić information content (AvgIpc) is 2.63. The minimum absolute atomic E-state index is 1.05. The summed E-state index contributed by atoms with van der Waals surface area (Å²) in [6.45, 7) is 6.55. The van der Waals surface area contributed by atoms with Crippen molar-refractivity contribution in [1.82, 2.24) is 5.32 Å². The van der Waals surface area contributed by atoms with Crippen molar-refractivity contribution < 1.29 is 0 Å². The van der Waals surface area contributed by atoms with Crippen LogP contribution in [0.5, 0.6) is 0 Å². The third-order valence-electron chi connectivity index (χ3n) is 3.10. The Kier molecular flexibility index (Phi) is 5.93. The Morgan fingerprint density at radius 3 is 2.64 bits per heavy atom. The molecule has 0 spiro atoms. The lowest BCUT2D eigenvalue weighted by Gasteiger charge is -2.08. The van der Waals surface area contributed by atoms with E-state index in [1.54, 1.807) is 0 Å². The summed E-state index contributed by atoms with van der Waals surface area (Å²) in [6, 6.07) is 0. The molecule has 1 nitrogen and oxygen atoms in total. The highest BCUT2D eigenvalue weighted by atomic mass is 14.8. The molecule has 1 heteroatoms. The highest BCUT2D eigenvalue weighted by Crippen LogP contribution is 2.28. The van der Waals surface area contributed by atoms with E-state index in [9.17, 15) is 0 Å². The van der Waals surface area contributed by atoms with Crippen molar-refractivity contribution in [2.45, 2.75) is 52.4 Å². The molecule has 1 N–H and O–H groups in total. The van der Waals surface area contributed by atoms with Gasteiger partial charge in [-0.1, -0.05) is 37.3 Å². The normalized spacial score (nSPS) is 17.3. The Balaban J connectivity index is 1.86. The first-order valence-corrected chi connectivity index (χ1v) is 6.13. The van der Waals surface area contributed by atoms with E-state index in [-0.39, 0.29) is 0 Å². The molecule has 1 aliphatic carbocycles. The predicted molar refractivity (Wildman–Crippen MR) is 63.5 cm³/mol. The molecule has 0 radical (unpaired) electrons. The lowest BCUT2D eigenvalue weighted by atomic mass is 10.0. The maximum Gasteiger partial charge on any atom is 0.0137 e. The van der Waals surface area contributed by atoms with Crippen LogP contribution >= 0.6 is 0 Å². The molecule has 1 rings (SSSR count). The smallest absolute Gasteiger partial charge is 0.0137 e. The van der Waals surface area contributed by atoms with E-state index < -0.39 is 0 Å². The van der Waals surface area contributed by atoms with Crippen LogP contribution in [0.1, 0.15) is 52.4 Å². The monoisotopic (exact) mass is 195 g/mol. The van der Waals surface area contributed by atoms with E-state index in [1.807, 2.05) is 0 Å². The van der Waals surface area contributed by atoms with Crippen molar-refractivity contribution in [3.05, 3.63) is 11.6 Å². The molecule has 1 saturated carbocycles. The molecule has 0 saturated heterocycles. The van der Waals surface area contributed by atoms with E-state index in [4.69, 9.17) is 0 Å². The molecule has 0 aliphatic heterocycles. The number of hydrogen-bond acceptors (Lipinski definition) is 1. The Labute approximate surface area is 89.0 Å². The van der Waals surface area contributed by atoms with E-state index >= 15 is 0 Å². The Hall–Kier alpha value is -0.300. The van der Waals surface area contributed by atoms with Gasteiger partial charge in [-0.2, -0.15) is 0 Å². The van der Waals surface area contributed by atoms with Gasteiger partial charge in [-0.25, -0.2) is 0 Å². The van der Waals surface area contributed by atoms with Crippen LogP contribution < -0.4 is 5.32 Å². The minimum Gasteiger partial charge on any atom is -0.313 e. The van der Waals surface area contributed by atoms with Crippen LogP contribution in [0.15, 0.2) is 11.6 Å². The largest absolute Gasteiger partial charge is 0.313 e. The van der Waals surface area contributed by atoms with Gasteiger partial charge in [0.15, 0.2) is 0 Å². The van der Waals surface area contributed by atoms with Crippen molar-refractivity contribution >= 4 is 0 Å². The summed E-state index contributed by atoms with van der Waals surface area (Å²) in [6.07, 6.45) is 11.0. The molecule has 0 heterocycles. The van der Waals surface area contributed by atoms with E-state index in [1.165, 1.54) is 50.6 Å². The average molecular weight is 195 g/mol. The van der Waals surface area contributed by atoms with Crippen molar-refractivity contribution in [1.29, 1.82) is 0 Å². The maximum atomic E-state index is 3.46. The minimum atomic E-state index is 1.05. The summed E-state index contributed by atoms with van der Waals surface area (Å²) >= 11 is 0. The summed E-state index contributed by atoms with van der Waals surface area (Å²) in [5.74, 6) is 1.06. The second-order valence-corrected chi connectivity index (χ2v) is 4.78. The fraction of sp³-hybridized carbons (Fsp3) is 0.846. The second-order valence-electron chi connectivity index (χ2n) is 4.78. The summed E-state index contributed by atoms with van der Waals surface area (Å²) in [7, 11) is 0. The third kappa shape index (κ3) is 5.43. The van der Waals surface area contributed by atoms with Gasteiger partial charge in [-0.15, -0.1) is 0 Å². The van der Waals surface area contributed by atoms with Crippen molar-refractivity contribution in [3.8, 4) is 0 Å². The van der Waals surface area contributed by atoms with Crippen molar-refractivity contribution in [3.63, 3.8) is 0 Å². The van der Waals surface area contributed by atoms with Gasteiger partial charge in [0.1, 0.15) is 0 Å². The first kappa shape index (κ1) is 11.8. The van der Waals surface area contributed by atoms with Gasteiger partial charge in [-0.3, -0.25) is 0 Å². The zero-order valence-electron chi connectivity index (χ0n) is 9.81. The topological polar surface area (TPSA) is 12.0 Å². The van der Waals surface area contributed by atoms with Gasteiger partial charge in [0.25, 0.3) is 0 Å². The van der Waals surface area contributed by atoms with Gasteiger partial charge < -0.3 is 5.32 Å². The Morgan fingerprint density at radius 1 is 1.29 bits per heavy atom. The highest BCUT2D eigenvalue weighted by Gasteiger charge is 2.13. The molecule has 14 heavy (non-hydrogen) atoms. The molecule has 0 aromatic heterocycles. The number of allylic oxidation sites excluding steroid dienone is 1. The van der Waals surface area contributed by atoms with Gasteiger partial charge in [0.2, 0.25) is 0 Å². The van der Waals surface area contributed by atoms with E-state index in [0.29, 0.717) is 0 Å². The van der Waals surface area contributed by atoms with Gasteiger partial charge in [0, 0.05) is 6.54 Å². The standard InChI is InChI=1S/C13H25N/c1-12(2)9-11-14-10-5-8-13-6-3-4-7-13/h9,13-14H,3-8,10-11H2,1-2H3. The first-order chi connectivity index (χ1) is 6.79. The van der Waals surface area contributed by atoms with Crippen LogP contribution in [0, 0.1) is 5.92 Å². The van der Waals surface area contributed by atoms with Crippen LogP contribution in [0.25, 0.3) is 0 Å². The number of nitrogens with one attached hydrogen (secondary N) is 1. The molecule has 1 fully saturated rings. The third-order valence-corrected chi connectivity index (χ3v) is 3.10. The molecule has 82 valence electrons. The fourth-order valence-corrected chi connectivity index (χ4v) is 2.19. The molecule has 0 amide bonds. The van der Waals surface area contributed by atoms with Gasteiger partial charge in [0.05, 0.1) is 0 Å². The lowest BCUT2D eigenvalue weighted by molar-refractivity contribution is 0.475. The predicted octanol–water partition coefficient (Wildman–Crippen LogP) is 3.51. The summed E-state index contributed by atoms with van der Waals surface area (Å²) < 4.78 is 0. The Morgan fingerprint density at radius 2 is 2.00 bits per heavy atom.